The number of H-pyrrole nitrogens is 1. The number of amides is 1. The van der Waals surface area contributed by atoms with Crippen molar-refractivity contribution in [2.24, 2.45) is 0 Å². The zero-order valence-electron chi connectivity index (χ0n) is 22.1. The molecule has 3 heterocycles. The van der Waals surface area contributed by atoms with Crippen molar-refractivity contribution in [3.63, 3.8) is 0 Å². The van der Waals surface area contributed by atoms with E-state index in [9.17, 15) is 17.6 Å². The van der Waals surface area contributed by atoms with E-state index in [4.69, 9.17) is 11.6 Å². The van der Waals surface area contributed by atoms with Crippen LogP contribution in [0.15, 0.2) is 18.2 Å². The number of hydrazine groups is 1. The lowest BCUT2D eigenvalue weighted by Gasteiger charge is -2.41. The first-order chi connectivity index (χ1) is 18.3. The maximum absolute atomic E-state index is 13.8. The number of carbonyl (C=O) groups is 1. The van der Waals surface area contributed by atoms with Gasteiger partial charge in [0.1, 0.15) is 11.5 Å². The summed E-state index contributed by atoms with van der Waals surface area (Å²) in [5.74, 6) is -0.610. The Morgan fingerprint density at radius 2 is 1.84 bits per heavy atom. The Morgan fingerprint density at radius 3 is 2.58 bits per heavy atom. The van der Waals surface area contributed by atoms with Crippen LogP contribution in [0.25, 0.3) is 10.9 Å². The fourth-order valence-corrected chi connectivity index (χ4v) is 7.66. The van der Waals surface area contributed by atoms with Gasteiger partial charge in [0.25, 0.3) is 5.91 Å². The van der Waals surface area contributed by atoms with E-state index in [0.29, 0.717) is 42.7 Å². The van der Waals surface area contributed by atoms with Crippen LogP contribution in [0.2, 0.25) is 5.02 Å². The molecule has 0 spiro atoms. The van der Waals surface area contributed by atoms with Gasteiger partial charge < -0.3 is 9.88 Å². The quantitative estimate of drug-likeness (QED) is 0.357. The van der Waals surface area contributed by atoms with E-state index in [0.717, 1.165) is 32.2 Å². The Bertz CT molecular complexity index is 1250. The number of piperazine rings is 1. The summed E-state index contributed by atoms with van der Waals surface area (Å²) in [6.07, 6.45) is 10.2. The van der Waals surface area contributed by atoms with Crippen LogP contribution in [0.3, 0.4) is 0 Å². The van der Waals surface area contributed by atoms with Crippen LogP contribution < -0.4 is 4.72 Å². The first kappa shape index (κ1) is 27.8. The second kappa shape index (κ2) is 11.8. The molecule has 3 aliphatic rings. The van der Waals surface area contributed by atoms with Gasteiger partial charge in [0, 0.05) is 37.6 Å². The molecule has 2 N–H and O–H groups in total. The molecule has 3 fully saturated rings. The minimum absolute atomic E-state index is 0.0366. The van der Waals surface area contributed by atoms with Gasteiger partial charge in [-0.1, -0.05) is 57.0 Å². The molecule has 5 rings (SSSR count). The normalized spacial score (nSPS) is 22.9. The third-order valence-corrected chi connectivity index (χ3v) is 10.3. The van der Waals surface area contributed by atoms with Crippen LogP contribution in [-0.4, -0.2) is 77.9 Å². The second-order valence-electron chi connectivity index (χ2n) is 11.0. The van der Waals surface area contributed by atoms with E-state index in [2.05, 4.69) is 26.6 Å². The predicted octanol–water partition coefficient (Wildman–Crippen LogP) is 4.87. The fraction of sp³-hybridized carbons (Fsp3) is 0.667. The summed E-state index contributed by atoms with van der Waals surface area (Å²) in [4.78, 5) is 18.2. The van der Waals surface area contributed by atoms with Crippen LogP contribution in [0.1, 0.15) is 81.6 Å². The Morgan fingerprint density at radius 1 is 1.11 bits per heavy atom. The molecular weight excluding hydrogens is 529 g/mol. The molecule has 1 saturated carbocycles. The Hall–Kier alpha value is -1.72. The topological polar surface area (TPSA) is 88.7 Å². The molecule has 2 atom stereocenters. The molecule has 1 aromatic heterocycles. The number of nitrogens with one attached hydrogen (secondary N) is 2. The van der Waals surface area contributed by atoms with Crippen molar-refractivity contribution in [3.8, 4) is 0 Å². The molecule has 2 aliphatic heterocycles. The van der Waals surface area contributed by atoms with E-state index >= 15 is 0 Å². The first-order valence-electron chi connectivity index (χ1n) is 14.1. The standard InChI is InChI=1S/C27H39ClFN5O3S/c1-2-3-4-5-6-7-8-11-34-26(31-38(36,37)21-9-10-21)16-20-18-32(12-13-33(20)34)27(35)25-17-22-23(28)14-19(29)15-24(22)30-25/h14-15,17,20-21,26,30-31H,2-13,16,18H2,1H3. The van der Waals surface area contributed by atoms with Crippen LogP contribution in [0.5, 0.6) is 0 Å². The molecule has 1 aliphatic carbocycles. The van der Waals surface area contributed by atoms with E-state index in [1.54, 1.807) is 11.0 Å². The number of aromatic nitrogens is 1. The lowest BCUT2D eigenvalue weighted by molar-refractivity contribution is -0.0581. The number of hydrogen-bond donors (Lipinski definition) is 2. The summed E-state index contributed by atoms with van der Waals surface area (Å²) in [7, 11) is -3.33. The highest BCUT2D eigenvalue weighted by Crippen LogP contribution is 2.33. The first-order valence-corrected chi connectivity index (χ1v) is 16.0. The molecule has 38 heavy (non-hydrogen) atoms. The zero-order valence-corrected chi connectivity index (χ0v) is 23.7. The maximum Gasteiger partial charge on any atom is 0.270 e. The highest BCUT2D eigenvalue weighted by atomic mass is 35.5. The highest BCUT2D eigenvalue weighted by molar-refractivity contribution is 7.90. The third kappa shape index (κ3) is 6.20. The molecule has 2 unspecified atom stereocenters. The molecule has 1 aromatic carbocycles. The summed E-state index contributed by atoms with van der Waals surface area (Å²) in [6, 6.07) is 4.30. The molecule has 0 radical (unpaired) electrons. The van der Waals surface area contributed by atoms with Gasteiger partial charge >= 0.3 is 0 Å². The minimum atomic E-state index is -3.33. The van der Waals surface area contributed by atoms with Crippen LogP contribution >= 0.6 is 11.6 Å². The highest BCUT2D eigenvalue weighted by Gasteiger charge is 2.46. The molecule has 210 valence electrons. The van der Waals surface area contributed by atoms with E-state index < -0.39 is 15.8 Å². The van der Waals surface area contributed by atoms with E-state index in [-0.39, 0.29) is 28.4 Å². The van der Waals surface area contributed by atoms with Gasteiger partial charge in [-0.25, -0.2) is 22.8 Å². The smallest absolute Gasteiger partial charge is 0.270 e. The molecule has 8 nitrogen and oxygen atoms in total. The van der Waals surface area contributed by atoms with E-state index in [1.807, 2.05) is 0 Å². The van der Waals surface area contributed by atoms with Gasteiger partial charge in [-0.05, 0) is 43.9 Å². The van der Waals surface area contributed by atoms with Crippen LogP contribution in [-0.2, 0) is 10.0 Å². The predicted molar refractivity (Wildman–Crippen MR) is 148 cm³/mol. The van der Waals surface area contributed by atoms with Crippen LogP contribution in [0, 0.1) is 5.82 Å². The summed E-state index contributed by atoms with van der Waals surface area (Å²) < 4.78 is 42.4. The van der Waals surface area contributed by atoms with Crippen molar-refractivity contribution in [3.05, 3.63) is 34.7 Å². The number of benzene rings is 1. The van der Waals surface area contributed by atoms with Gasteiger partial charge in [-0.2, -0.15) is 4.72 Å². The number of rotatable bonds is 12. The fourth-order valence-electron chi connectivity index (χ4n) is 5.86. The second-order valence-corrected chi connectivity index (χ2v) is 13.4. The zero-order chi connectivity index (χ0) is 26.9. The average molecular weight is 568 g/mol. The van der Waals surface area contributed by atoms with Gasteiger partial charge in [0.05, 0.1) is 22.0 Å². The molecule has 2 aromatic rings. The van der Waals surface area contributed by atoms with Crippen LogP contribution in [0.4, 0.5) is 4.39 Å². The molecule has 11 heteroatoms. The van der Waals surface area contributed by atoms with E-state index in [1.165, 1.54) is 44.2 Å². The lowest BCUT2D eigenvalue weighted by Crippen LogP contribution is -2.57. The SMILES string of the molecule is CCCCCCCCCN1C(NS(=O)(=O)C2CC2)CC2CN(C(=O)c3cc4c(Cl)cc(F)cc4[nH]3)CCN21. The third-order valence-electron chi connectivity index (χ3n) is 8.06. The maximum atomic E-state index is 13.8. The molecule has 0 bridgehead atoms. The number of nitrogens with zero attached hydrogens (tertiary/aromatic N) is 3. The van der Waals surface area contributed by atoms with Crippen molar-refractivity contribution >= 4 is 38.4 Å². The molecular formula is C27H39ClFN5O3S. The Kier molecular flexibility index (Phi) is 8.64. The van der Waals surface area contributed by atoms with Crippen molar-refractivity contribution in [1.82, 2.24) is 24.6 Å². The Labute approximate surface area is 229 Å². The van der Waals surface area contributed by atoms with Gasteiger partial charge in [-0.15, -0.1) is 0 Å². The summed E-state index contributed by atoms with van der Waals surface area (Å²) in [5.41, 5.74) is 0.873. The monoisotopic (exact) mass is 567 g/mol. The number of carbonyl (C=O) groups excluding carboxylic acids is 1. The van der Waals surface area contributed by atoms with Gasteiger partial charge in [0.15, 0.2) is 0 Å². The number of unbranched alkanes of at least 4 members (excludes halogenated alkanes) is 6. The number of halogens is 2. The lowest BCUT2D eigenvalue weighted by atomic mass is 10.1. The summed E-state index contributed by atoms with van der Waals surface area (Å²) >= 11 is 6.18. The Balaban J connectivity index is 1.24. The molecule has 2 saturated heterocycles. The van der Waals surface area contributed by atoms with Gasteiger partial charge in [-0.3, -0.25) is 4.79 Å². The van der Waals surface area contributed by atoms with Crippen molar-refractivity contribution in [1.29, 1.82) is 0 Å². The summed E-state index contributed by atoms with van der Waals surface area (Å²) in [6.45, 7) is 4.71. The largest absolute Gasteiger partial charge is 0.350 e. The van der Waals surface area contributed by atoms with Gasteiger partial charge in [0.2, 0.25) is 10.0 Å². The average Bonchev–Trinajstić information content (AvgIpc) is 3.58. The van der Waals surface area contributed by atoms with Crippen molar-refractivity contribution < 1.29 is 17.6 Å². The summed E-state index contributed by atoms with van der Waals surface area (Å²) in [5, 5.41) is 5.11. The number of fused-ring (bicyclic) bond motifs is 2. The number of hydrogen-bond acceptors (Lipinski definition) is 5. The van der Waals surface area contributed by atoms with Crippen molar-refractivity contribution in [2.75, 3.05) is 26.2 Å². The number of sulfonamides is 1. The van der Waals surface area contributed by atoms with Crippen molar-refractivity contribution in [2.45, 2.75) is 88.6 Å². The minimum Gasteiger partial charge on any atom is -0.350 e. The molecule has 1 amide bonds. The number of aromatic amines is 1.